The molecule has 0 bridgehead atoms. The van der Waals surface area contributed by atoms with Crippen LogP contribution in [0.1, 0.15) is 10.4 Å². The fourth-order valence-electron chi connectivity index (χ4n) is 2.42. The molecule has 1 unspecified atom stereocenters. The van der Waals surface area contributed by atoms with E-state index in [2.05, 4.69) is 5.48 Å². The van der Waals surface area contributed by atoms with Crippen molar-refractivity contribution in [3.8, 4) is 5.75 Å². The quantitative estimate of drug-likeness (QED) is 0.337. The molecule has 2 aromatic rings. The van der Waals surface area contributed by atoms with Crippen LogP contribution in [0.4, 0.5) is 5.69 Å². The molecule has 8 heteroatoms. The molecule has 2 aromatic carbocycles. The second-order valence-electron chi connectivity index (χ2n) is 5.71. The summed E-state index contributed by atoms with van der Waals surface area (Å²) in [7, 11) is 0. The fraction of sp³-hybridized carbons (Fsp3) is 0.278. The van der Waals surface area contributed by atoms with Crippen LogP contribution in [-0.4, -0.2) is 52.5 Å². The van der Waals surface area contributed by atoms with E-state index in [0.717, 1.165) is 0 Å². The van der Waals surface area contributed by atoms with Gasteiger partial charge in [-0.2, -0.15) is 0 Å². The summed E-state index contributed by atoms with van der Waals surface area (Å²) in [5, 5.41) is 28.5. The first-order chi connectivity index (χ1) is 12.6. The predicted octanol–water partition coefficient (Wildman–Crippen LogP) is 0.688. The molecule has 1 saturated heterocycles. The molecule has 3 rings (SSSR count). The van der Waals surface area contributed by atoms with Crippen LogP contribution >= 0.6 is 0 Å². The van der Waals surface area contributed by atoms with Crippen LogP contribution in [0.25, 0.3) is 0 Å². The number of anilines is 1. The van der Waals surface area contributed by atoms with Crippen LogP contribution in [0.15, 0.2) is 54.6 Å². The molecular weight excluding hydrogens is 342 g/mol. The van der Waals surface area contributed by atoms with E-state index in [-0.39, 0.29) is 0 Å². The second kappa shape index (κ2) is 8.26. The number of carbonyl (C=O) groups is 1. The Morgan fingerprint density at radius 2 is 1.73 bits per heavy atom. The third-order valence-electron chi connectivity index (χ3n) is 3.87. The number of para-hydroxylation sites is 1. The van der Waals surface area contributed by atoms with Crippen molar-refractivity contribution in [1.82, 2.24) is 0 Å². The van der Waals surface area contributed by atoms with Gasteiger partial charge in [-0.05, 0) is 36.4 Å². The van der Waals surface area contributed by atoms with Gasteiger partial charge in [0.2, 0.25) is 6.29 Å². The number of esters is 1. The number of benzene rings is 2. The molecule has 0 amide bonds. The average molecular weight is 361 g/mol. The Bertz CT molecular complexity index is 722. The fourth-order valence-corrected chi connectivity index (χ4v) is 2.42. The molecule has 0 aromatic heterocycles. The van der Waals surface area contributed by atoms with Gasteiger partial charge in [-0.3, -0.25) is 5.48 Å². The normalized spacial score (nSPS) is 25.0. The van der Waals surface area contributed by atoms with Crippen LogP contribution in [-0.2, 0) is 9.57 Å². The first-order valence-electron chi connectivity index (χ1n) is 8.00. The van der Waals surface area contributed by atoms with Crippen LogP contribution < -0.4 is 10.2 Å². The zero-order chi connectivity index (χ0) is 18.5. The third kappa shape index (κ3) is 4.18. The van der Waals surface area contributed by atoms with Gasteiger partial charge in [0, 0.05) is 0 Å². The molecule has 4 atom stereocenters. The van der Waals surface area contributed by atoms with Gasteiger partial charge < -0.3 is 24.8 Å². The Morgan fingerprint density at radius 3 is 2.35 bits per heavy atom. The number of hydrogen-bond acceptors (Lipinski definition) is 8. The zero-order valence-corrected chi connectivity index (χ0v) is 13.7. The molecular formula is C18H19NO7. The largest absolute Gasteiger partial charge is 0.423 e. The summed E-state index contributed by atoms with van der Waals surface area (Å²) < 4.78 is 10.4. The number of hydrogen-bond donors (Lipinski definition) is 4. The molecule has 8 nitrogen and oxygen atoms in total. The molecule has 0 radical (unpaired) electrons. The molecule has 0 aliphatic carbocycles. The van der Waals surface area contributed by atoms with Crippen LogP contribution in [0.3, 0.4) is 0 Å². The summed E-state index contributed by atoms with van der Waals surface area (Å²) in [5.74, 6) is -0.0421. The lowest BCUT2D eigenvalue weighted by atomic mass is 10.1. The highest BCUT2D eigenvalue weighted by Gasteiger charge is 2.43. The van der Waals surface area contributed by atoms with Gasteiger partial charge in [-0.25, -0.2) is 9.63 Å². The van der Waals surface area contributed by atoms with Crippen molar-refractivity contribution in [3.05, 3.63) is 60.2 Å². The van der Waals surface area contributed by atoms with Crippen molar-refractivity contribution >= 4 is 11.7 Å². The predicted molar refractivity (Wildman–Crippen MR) is 90.3 cm³/mol. The summed E-state index contributed by atoms with van der Waals surface area (Å²) >= 11 is 0. The van der Waals surface area contributed by atoms with Crippen molar-refractivity contribution in [2.45, 2.75) is 24.6 Å². The van der Waals surface area contributed by atoms with Crippen LogP contribution in [0.5, 0.6) is 5.75 Å². The standard InChI is InChI=1S/C18H19NO7/c20-10-14-15(21)16(22)18(25-14)26-19-12-8-6-11(7-9-12)17(23)24-13-4-2-1-3-5-13/h1-9,14-16,18-22H,10H2/t14-,15+,16-,18?/m1/s1. The molecule has 138 valence electrons. The number of aliphatic hydroxyl groups is 3. The minimum absolute atomic E-state index is 0.354. The van der Waals surface area contributed by atoms with E-state index in [9.17, 15) is 15.0 Å². The van der Waals surface area contributed by atoms with Gasteiger partial charge in [0.15, 0.2) is 0 Å². The highest BCUT2D eigenvalue weighted by Crippen LogP contribution is 2.22. The molecule has 0 spiro atoms. The number of rotatable bonds is 6. The van der Waals surface area contributed by atoms with Crippen LogP contribution in [0, 0.1) is 0 Å². The number of aliphatic hydroxyl groups excluding tert-OH is 3. The topological polar surface area (TPSA) is 117 Å². The lowest BCUT2D eigenvalue weighted by Gasteiger charge is -2.16. The van der Waals surface area contributed by atoms with Crippen molar-refractivity contribution in [2.75, 3.05) is 12.1 Å². The van der Waals surface area contributed by atoms with Gasteiger partial charge in [-0.1, -0.05) is 18.2 Å². The maximum atomic E-state index is 12.1. The number of carbonyl (C=O) groups excluding carboxylic acids is 1. The Hall–Kier alpha value is -2.49. The molecule has 1 aliphatic rings. The van der Waals surface area contributed by atoms with E-state index in [1.165, 1.54) is 0 Å². The van der Waals surface area contributed by atoms with E-state index in [1.54, 1.807) is 48.5 Å². The van der Waals surface area contributed by atoms with Crippen molar-refractivity contribution in [3.63, 3.8) is 0 Å². The maximum Gasteiger partial charge on any atom is 0.343 e. The molecule has 1 heterocycles. The molecule has 1 aliphatic heterocycles. The van der Waals surface area contributed by atoms with E-state index in [0.29, 0.717) is 17.0 Å². The number of nitrogens with one attached hydrogen (secondary N) is 1. The Morgan fingerprint density at radius 1 is 1.04 bits per heavy atom. The second-order valence-corrected chi connectivity index (χ2v) is 5.71. The molecule has 0 saturated carbocycles. The van der Waals surface area contributed by atoms with E-state index < -0.39 is 37.2 Å². The summed E-state index contributed by atoms with van der Waals surface area (Å²) in [5.41, 5.74) is 3.42. The van der Waals surface area contributed by atoms with E-state index >= 15 is 0 Å². The number of ether oxygens (including phenoxy) is 2. The molecule has 4 N–H and O–H groups in total. The van der Waals surface area contributed by atoms with Crippen molar-refractivity contribution in [1.29, 1.82) is 0 Å². The smallest absolute Gasteiger partial charge is 0.343 e. The van der Waals surface area contributed by atoms with Gasteiger partial charge >= 0.3 is 5.97 Å². The van der Waals surface area contributed by atoms with Crippen LogP contribution in [0.2, 0.25) is 0 Å². The zero-order valence-electron chi connectivity index (χ0n) is 13.7. The van der Waals surface area contributed by atoms with Gasteiger partial charge in [-0.15, -0.1) is 0 Å². The Kier molecular flexibility index (Phi) is 5.82. The highest BCUT2D eigenvalue weighted by molar-refractivity contribution is 5.91. The summed E-state index contributed by atoms with van der Waals surface area (Å²) in [6.07, 6.45) is -4.57. The average Bonchev–Trinajstić information content (AvgIpc) is 2.95. The van der Waals surface area contributed by atoms with Crippen molar-refractivity contribution in [2.24, 2.45) is 0 Å². The summed E-state index contributed by atoms with van der Waals surface area (Å²) in [6.45, 7) is -0.434. The first kappa shape index (κ1) is 18.3. The van der Waals surface area contributed by atoms with Gasteiger partial charge in [0.05, 0.1) is 17.9 Å². The molecule has 1 fully saturated rings. The first-order valence-corrected chi connectivity index (χ1v) is 8.00. The SMILES string of the molecule is O=C(Oc1ccccc1)c1ccc(NOC2O[C@H](CO)[C@H](O)[C@H]2O)cc1. The minimum Gasteiger partial charge on any atom is -0.423 e. The minimum atomic E-state index is -1.29. The summed E-state index contributed by atoms with van der Waals surface area (Å²) in [6, 6.07) is 15.0. The Labute approximate surface area is 149 Å². The highest BCUT2D eigenvalue weighted by atomic mass is 16.8. The van der Waals surface area contributed by atoms with E-state index in [1.807, 2.05) is 6.07 Å². The Balaban J connectivity index is 1.54. The molecule has 26 heavy (non-hydrogen) atoms. The third-order valence-corrected chi connectivity index (χ3v) is 3.87. The maximum absolute atomic E-state index is 12.1. The van der Waals surface area contributed by atoms with Gasteiger partial charge in [0.1, 0.15) is 24.1 Å². The van der Waals surface area contributed by atoms with E-state index in [4.69, 9.17) is 19.4 Å². The van der Waals surface area contributed by atoms with Gasteiger partial charge in [0.25, 0.3) is 0 Å². The summed E-state index contributed by atoms with van der Waals surface area (Å²) in [4.78, 5) is 17.3. The van der Waals surface area contributed by atoms with Crippen molar-refractivity contribution < 1.29 is 34.4 Å². The monoisotopic (exact) mass is 361 g/mol. The lowest BCUT2D eigenvalue weighted by molar-refractivity contribution is -0.153. The lowest BCUT2D eigenvalue weighted by Crippen LogP contribution is -2.35.